The largest absolute Gasteiger partial charge is 0.325 e. The van der Waals surface area contributed by atoms with Crippen molar-refractivity contribution in [2.24, 2.45) is 0 Å². The standard InChI is InChI=1S/C14H10BrClFNO/c15-14-10(16)5-3-7-12(14)18-13(19)8-9-4-1-2-6-11(9)17/h1-7H,8H2,(H,18,19). The molecule has 0 aliphatic rings. The quantitative estimate of drug-likeness (QED) is 0.879. The number of rotatable bonds is 3. The Kier molecular flexibility index (Phi) is 4.56. The summed E-state index contributed by atoms with van der Waals surface area (Å²) in [5.74, 6) is -0.684. The minimum absolute atomic E-state index is 0.0222. The van der Waals surface area contributed by atoms with Gasteiger partial charge in [0, 0.05) is 0 Å². The topological polar surface area (TPSA) is 29.1 Å². The van der Waals surface area contributed by atoms with Crippen LogP contribution in [-0.4, -0.2) is 5.91 Å². The summed E-state index contributed by atoms with van der Waals surface area (Å²) >= 11 is 9.21. The van der Waals surface area contributed by atoms with Crippen molar-refractivity contribution >= 4 is 39.1 Å². The smallest absolute Gasteiger partial charge is 0.228 e. The lowest BCUT2D eigenvalue weighted by molar-refractivity contribution is -0.115. The molecule has 0 radical (unpaired) electrons. The fourth-order valence-corrected chi connectivity index (χ4v) is 2.15. The van der Waals surface area contributed by atoms with E-state index < -0.39 is 0 Å². The number of anilines is 1. The monoisotopic (exact) mass is 341 g/mol. The third-order valence-electron chi connectivity index (χ3n) is 2.53. The first-order valence-corrected chi connectivity index (χ1v) is 6.72. The van der Waals surface area contributed by atoms with Gasteiger partial charge in [0.15, 0.2) is 0 Å². The molecule has 2 nitrogen and oxygen atoms in total. The van der Waals surface area contributed by atoms with Gasteiger partial charge < -0.3 is 5.32 Å². The highest BCUT2D eigenvalue weighted by Gasteiger charge is 2.10. The summed E-state index contributed by atoms with van der Waals surface area (Å²) in [5, 5.41) is 3.19. The molecule has 0 aromatic heterocycles. The van der Waals surface area contributed by atoms with Gasteiger partial charge in [-0.1, -0.05) is 35.9 Å². The fraction of sp³-hybridized carbons (Fsp3) is 0.0714. The van der Waals surface area contributed by atoms with E-state index in [1.165, 1.54) is 6.07 Å². The first kappa shape index (κ1) is 14.0. The first-order chi connectivity index (χ1) is 9.08. The van der Waals surface area contributed by atoms with Crippen molar-refractivity contribution in [1.82, 2.24) is 0 Å². The van der Waals surface area contributed by atoms with Crippen LogP contribution in [0.2, 0.25) is 5.02 Å². The van der Waals surface area contributed by atoms with Crippen molar-refractivity contribution in [1.29, 1.82) is 0 Å². The zero-order chi connectivity index (χ0) is 13.8. The predicted octanol–water partition coefficient (Wildman–Crippen LogP) is 4.42. The summed E-state index contributed by atoms with van der Waals surface area (Å²) in [6.07, 6.45) is -0.0222. The minimum atomic E-state index is -0.386. The Hall–Kier alpha value is -1.39. The maximum atomic E-state index is 13.4. The van der Waals surface area contributed by atoms with E-state index in [1.54, 1.807) is 36.4 Å². The molecule has 2 aromatic rings. The van der Waals surface area contributed by atoms with Crippen LogP contribution in [0.4, 0.5) is 10.1 Å². The van der Waals surface area contributed by atoms with Gasteiger partial charge >= 0.3 is 0 Å². The van der Waals surface area contributed by atoms with E-state index >= 15 is 0 Å². The van der Waals surface area contributed by atoms with Crippen molar-refractivity contribution in [3.05, 3.63) is 63.3 Å². The van der Waals surface area contributed by atoms with Crippen LogP contribution in [0, 0.1) is 5.82 Å². The van der Waals surface area contributed by atoms with Crippen LogP contribution in [-0.2, 0) is 11.2 Å². The number of amides is 1. The van der Waals surface area contributed by atoms with E-state index in [4.69, 9.17) is 11.6 Å². The highest BCUT2D eigenvalue weighted by Crippen LogP contribution is 2.30. The molecule has 0 aliphatic heterocycles. The molecule has 1 N–H and O–H groups in total. The Balaban J connectivity index is 2.10. The summed E-state index contributed by atoms with van der Waals surface area (Å²) in [6.45, 7) is 0. The van der Waals surface area contributed by atoms with E-state index in [2.05, 4.69) is 21.2 Å². The number of halogens is 3. The molecule has 2 rings (SSSR count). The second-order valence-corrected chi connectivity index (χ2v) is 5.12. The van der Waals surface area contributed by atoms with Crippen LogP contribution in [0.15, 0.2) is 46.9 Å². The molecule has 2 aromatic carbocycles. The number of hydrogen-bond donors (Lipinski definition) is 1. The molecule has 1 amide bonds. The van der Waals surface area contributed by atoms with Gasteiger partial charge in [-0.2, -0.15) is 0 Å². The van der Waals surface area contributed by atoms with Gasteiger partial charge in [0.1, 0.15) is 5.82 Å². The van der Waals surface area contributed by atoms with Gasteiger partial charge in [0.2, 0.25) is 5.91 Å². The van der Waals surface area contributed by atoms with Crippen LogP contribution < -0.4 is 5.32 Å². The number of carbonyl (C=O) groups is 1. The molecular weight excluding hydrogens is 333 g/mol. The summed E-state index contributed by atoms with van der Waals surface area (Å²) in [6, 6.07) is 11.4. The van der Waals surface area contributed by atoms with Gasteiger partial charge in [-0.05, 0) is 39.7 Å². The van der Waals surface area contributed by atoms with Gasteiger partial charge in [0.05, 0.1) is 21.6 Å². The first-order valence-electron chi connectivity index (χ1n) is 5.55. The molecule has 0 saturated carbocycles. The zero-order valence-corrected chi connectivity index (χ0v) is 12.1. The Morgan fingerprint density at radius 1 is 1.21 bits per heavy atom. The van der Waals surface area contributed by atoms with E-state index in [0.717, 1.165) is 0 Å². The lowest BCUT2D eigenvalue weighted by Crippen LogP contribution is -2.15. The molecule has 0 fully saturated rings. The molecule has 0 bridgehead atoms. The van der Waals surface area contributed by atoms with E-state index in [-0.39, 0.29) is 18.1 Å². The SMILES string of the molecule is O=C(Cc1ccccc1F)Nc1cccc(Cl)c1Br. The van der Waals surface area contributed by atoms with Crippen LogP contribution in [0.25, 0.3) is 0 Å². The molecule has 0 heterocycles. The van der Waals surface area contributed by atoms with Gasteiger partial charge in [-0.3, -0.25) is 4.79 Å². The van der Waals surface area contributed by atoms with Crippen molar-refractivity contribution in [2.45, 2.75) is 6.42 Å². The van der Waals surface area contributed by atoms with E-state index in [9.17, 15) is 9.18 Å². The Labute approximate surface area is 123 Å². The molecule has 0 spiro atoms. The van der Waals surface area contributed by atoms with Crippen LogP contribution in [0.3, 0.4) is 0 Å². The Bertz CT molecular complexity index is 618. The summed E-state index contributed by atoms with van der Waals surface area (Å²) < 4.78 is 14.0. The normalized spacial score (nSPS) is 10.3. The average Bonchev–Trinajstić information content (AvgIpc) is 2.38. The maximum absolute atomic E-state index is 13.4. The Morgan fingerprint density at radius 2 is 1.95 bits per heavy atom. The molecule has 19 heavy (non-hydrogen) atoms. The van der Waals surface area contributed by atoms with Crippen molar-refractivity contribution in [3.63, 3.8) is 0 Å². The highest BCUT2D eigenvalue weighted by atomic mass is 79.9. The van der Waals surface area contributed by atoms with Gasteiger partial charge in [0.25, 0.3) is 0 Å². The molecule has 98 valence electrons. The van der Waals surface area contributed by atoms with Gasteiger partial charge in [-0.25, -0.2) is 4.39 Å². The van der Waals surface area contributed by atoms with Crippen molar-refractivity contribution in [3.8, 4) is 0 Å². The van der Waals surface area contributed by atoms with E-state index in [1.807, 2.05) is 0 Å². The second kappa shape index (κ2) is 6.17. The molecule has 0 unspecified atom stereocenters. The second-order valence-electron chi connectivity index (χ2n) is 3.92. The summed E-state index contributed by atoms with van der Waals surface area (Å²) in [5.41, 5.74) is 0.923. The van der Waals surface area contributed by atoms with Crippen LogP contribution >= 0.6 is 27.5 Å². The summed E-state index contributed by atoms with van der Waals surface area (Å²) in [7, 11) is 0. The maximum Gasteiger partial charge on any atom is 0.228 e. The van der Waals surface area contributed by atoms with Crippen molar-refractivity contribution in [2.75, 3.05) is 5.32 Å². The lowest BCUT2D eigenvalue weighted by atomic mass is 10.1. The number of hydrogen-bond acceptors (Lipinski definition) is 1. The highest BCUT2D eigenvalue weighted by molar-refractivity contribution is 9.10. The van der Waals surface area contributed by atoms with Crippen LogP contribution in [0.5, 0.6) is 0 Å². The molecule has 0 saturated heterocycles. The minimum Gasteiger partial charge on any atom is -0.325 e. The zero-order valence-electron chi connectivity index (χ0n) is 9.79. The van der Waals surface area contributed by atoms with E-state index in [0.29, 0.717) is 20.7 Å². The number of nitrogens with one attached hydrogen (secondary N) is 1. The lowest BCUT2D eigenvalue weighted by Gasteiger charge is -2.08. The third kappa shape index (κ3) is 3.55. The molecular formula is C14H10BrClFNO. The number of benzene rings is 2. The summed E-state index contributed by atoms with van der Waals surface area (Å²) in [4.78, 5) is 11.9. The predicted molar refractivity (Wildman–Crippen MR) is 77.9 cm³/mol. The van der Waals surface area contributed by atoms with Gasteiger partial charge in [-0.15, -0.1) is 0 Å². The van der Waals surface area contributed by atoms with Crippen molar-refractivity contribution < 1.29 is 9.18 Å². The average molecular weight is 343 g/mol. The molecule has 5 heteroatoms. The Morgan fingerprint density at radius 3 is 2.68 bits per heavy atom. The molecule has 0 aliphatic carbocycles. The number of carbonyl (C=O) groups excluding carboxylic acids is 1. The fourth-order valence-electron chi connectivity index (χ4n) is 1.61. The third-order valence-corrected chi connectivity index (χ3v) is 3.93. The molecule has 0 atom stereocenters. The van der Waals surface area contributed by atoms with Crippen LogP contribution in [0.1, 0.15) is 5.56 Å².